The van der Waals surface area contributed by atoms with Gasteiger partial charge in [-0.1, -0.05) is 17.7 Å². The highest BCUT2D eigenvalue weighted by Crippen LogP contribution is 2.41. The van der Waals surface area contributed by atoms with Crippen molar-refractivity contribution >= 4 is 34.4 Å². The molecular formula is C23H28ClN3O4. The van der Waals surface area contributed by atoms with E-state index in [9.17, 15) is 9.59 Å². The fourth-order valence-corrected chi connectivity index (χ4v) is 4.40. The maximum Gasteiger partial charge on any atom is 0.354 e. The molecular weight excluding hydrogens is 418 g/mol. The topological polar surface area (TPSA) is 75.3 Å². The van der Waals surface area contributed by atoms with Crippen LogP contribution in [0.3, 0.4) is 0 Å². The van der Waals surface area contributed by atoms with Crippen LogP contribution in [0.25, 0.3) is 22.2 Å². The molecule has 3 rings (SSSR count). The molecule has 1 aromatic carbocycles. The molecule has 0 aliphatic heterocycles. The lowest BCUT2D eigenvalue weighted by Crippen LogP contribution is -2.13. The molecule has 0 fully saturated rings. The van der Waals surface area contributed by atoms with Gasteiger partial charge in [-0.2, -0.15) is 5.10 Å². The van der Waals surface area contributed by atoms with Crippen molar-refractivity contribution in [3.05, 3.63) is 39.7 Å². The van der Waals surface area contributed by atoms with Crippen LogP contribution < -0.4 is 0 Å². The summed E-state index contributed by atoms with van der Waals surface area (Å²) in [6, 6.07) is 3.74. The van der Waals surface area contributed by atoms with E-state index in [1.807, 2.05) is 49.1 Å². The highest BCUT2D eigenvalue weighted by molar-refractivity contribution is 6.35. The predicted molar refractivity (Wildman–Crippen MR) is 121 cm³/mol. The number of fused-ring (bicyclic) bond motifs is 1. The Hall–Kier alpha value is -2.80. The number of esters is 2. The third-order valence-corrected chi connectivity index (χ3v) is 6.06. The summed E-state index contributed by atoms with van der Waals surface area (Å²) in [5, 5.41) is 6.10. The highest BCUT2D eigenvalue weighted by Gasteiger charge is 2.28. The summed E-state index contributed by atoms with van der Waals surface area (Å²) in [7, 11) is 2.71. The van der Waals surface area contributed by atoms with Crippen molar-refractivity contribution in [1.29, 1.82) is 0 Å². The third kappa shape index (κ3) is 3.82. The maximum absolute atomic E-state index is 12.8. The predicted octanol–water partition coefficient (Wildman–Crippen LogP) is 4.71. The van der Waals surface area contributed by atoms with Gasteiger partial charge < -0.3 is 14.0 Å². The summed E-state index contributed by atoms with van der Waals surface area (Å²) in [5.74, 6) is -0.783. The molecule has 0 aliphatic rings. The first-order valence-corrected chi connectivity index (χ1v) is 10.7. The number of carbonyl (C=O) groups excluding carboxylic acids is 2. The number of rotatable bonds is 7. The second-order valence-corrected chi connectivity index (χ2v) is 7.74. The second kappa shape index (κ2) is 9.14. The normalized spacial score (nSPS) is 11.2. The first-order valence-electron chi connectivity index (χ1n) is 10.3. The Morgan fingerprint density at radius 2 is 1.81 bits per heavy atom. The number of benzene rings is 1. The molecule has 0 saturated carbocycles. The van der Waals surface area contributed by atoms with Crippen LogP contribution in [-0.2, 0) is 33.8 Å². The van der Waals surface area contributed by atoms with Gasteiger partial charge in [0, 0.05) is 30.5 Å². The molecule has 0 spiro atoms. The van der Waals surface area contributed by atoms with Crippen LogP contribution in [0.1, 0.15) is 47.6 Å². The minimum absolute atomic E-state index is 0.159. The number of hydrogen-bond donors (Lipinski definition) is 0. The van der Waals surface area contributed by atoms with E-state index < -0.39 is 5.97 Å². The molecule has 0 bridgehead atoms. The van der Waals surface area contributed by atoms with E-state index in [1.165, 1.54) is 14.2 Å². The van der Waals surface area contributed by atoms with Gasteiger partial charge in [-0.3, -0.25) is 9.48 Å². The Morgan fingerprint density at radius 3 is 2.39 bits per heavy atom. The summed E-state index contributed by atoms with van der Waals surface area (Å²) in [4.78, 5) is 24.7. The van der Waals surface area contributed by atoms with Crippen molar-refractivity contribution in [2.45, 2.75) is 53.6 Å². The molecule has 0 saturated heterocycles. The Labute approximate surface area is 186 Å². The molecule has 2 aromatic heterocycles. The number of hydrogen-bond acceptors (Lipinski definition) is 5. The Bertz CT molecular complexity index is 1160. The zero-order chi connectivity index (χ0) is 22.9. The van der Waals surface area contributed by atoms with Gasteiger partial charge in [-0.25, -0.2) is 4.79 Å². The number of nitrogens with zero attached hydrogens (tertiary/aromatic N) is 3. The Balaban J connectivity index is 2.44. The summed E-state index contributed by atoms with van der Waals surface area (Å²) in [5.41, 5.74) is 5.75. The maximum atomic E-state index is 12.8. The van der Waals surface area contributed by atoms with E-state index in [2.05, 4.69) is 5.10 Å². The standard InChI is InChI=1S/C23H28ClN3O4/c1-7-26-21-15(16(10-12-18(28)30-5)22(26)23(29)31-6)9-11-17(24)19(21)20-13(3)14(4)25-27(20)8-2/h9,11H,7-8,10,12H2,1-6H3. The van der Waals surface area contributed by atoms with Crippen LogP contribution >= 0.6 is 11.6 Å². The summed E-state index contributed by atoms with van der Waals surface area (Å²) >= 11 is 6.76. The molecule has 0 radical (unpaired) electrons. The second-order valence-electron chi connectivity index (χ2n) is 7.33. The highest BCUT2D eigenvalue weighted by atomic mass is 35.5. The van der Waals surface area contributed by atoms with Crippen molar-refractivity contribution in [2.24, 2.45) is 0 Å². The van der Waals surface area contributed by atoms with Crippen molar-refractivity contribution in [3.63, 3.8) is 0 Å². The lowest BCUT2D eigenvalue weighted by atomic mass is 10.00. The lowest BCUT2D eigenvalue weighted by Gasteiger charge is -2.14. The van der Waals surface area contributed by atoms with E-state index in [0.29, 0.717) is 30.2 Å². The van der Waals surface area contributed by atoms with E-state index in [-0.39, 0.29) is 12.4 Å². The summed E-state index contributed by atoms with van der Waals surface area (Å²) < 4.78 is 13.8. The monoisotopic (exact) mass is 445 g/mol. The van der Waals surface area contributed by atoms with Crippen molar-refractivity contribution in [3.8, 4) is 11.3 Å². The molecule has 2 heterocycles. The van der Waals surface area contributed by atoms with Gasteiger partial charge in [0.1, 0.15) is 5.69 Å². The van der Waals surface area contributed by atoms with E-state index in [4.69, 9.17) is 21.1 Å². The molecule has 0 amide bonds. The molecule has 0 N–H and O–H groups in total. The number of carbonyl (C=O) groups is 2. The van der Waals surface area contributed by atoms with Gasteiger partial charge in [0.05, 0.1) is 36.1 Å². The van der Waals surface area contributed by atoms with Crippen LogP contribution in [0.5, 0.6) is 0 Å². The average molecular weight is 446 g/mol. The molecule has 3 aromatic rings. The van der Waals surface area contributed by atoms with Crippen LogP contribution in [-0.4, -0.2) is 40.5 Å². The smallest absolute Gasteiger partial charge is 0.354 e. The van der Waals surface area contributed by atoms with Crippen molar-refractivity contribution in [1.82, 2.24) is 14.3 Å². The fraction of sp³-hybridized carbons (Fsp3) is 0.435. The van der Waals surface area contributed by atoms with Gasteiger partial charge in [-0.05, 0) is 51.3 Å². The molecule has 166 valence electrons. The first kappa shape index (κ1) is 22.9. The third-order valence-electron chi connectivity index (χ3n) is 5.74. The minimum Gasteiger partial charge on any atom is -0.469 e. The molecule has 0 unspecified atom stereocenters. The number of methoxy groups -OCH3 is 2. The first-order chi connectivity index (χ1) is 14.8. The van der Waals surface area contributed by atoms with Crippen LogP contribution in [0.4, 0.5) is 0 Å². The fourth-order valence-electron chi connectivity index (χ4n) is 4.16. The Kier molecular flexibility index (Phi) is 6.74. The van der Waals surface area contributed by atoms with Gasteiger partial charge >= 0.3 is 11.9 Å². The zero-order valence-electron chi connectivity index (χ0n) is 18.8. The number of aryl methyl sites for hydroxylation is 4. The van der Waals surface area contributed by atoms with Crippen LogP contribution in [0, 0.1) is 13.8 Å². The summed E-state index contributed by atoms with van der Waals surface area (Å²) in [6.45, 7) is 9.21. The van der Waals surface area contributed by atoms with E-state index >= 15 is 0 Å². The number of ether oxygens (including phenoxy) is 2. The van der Waals surface area contributed by atoms with Gasteiger partial charge in [0.2, 0.25) is 0 Å². The van der Waals surface area contributed by atoms with Crippen molar-refractivity contribution < 1.29 is 19.1 Å². The molecule has 0 atom stereocenters. The number of halogens is 1. The van der Waals surface area contributed by atoms with Crippen LogP contribution in [0.2, 0.25) is 5.02 Å². The summed E-state index contributed by atoms with van der Waals surface area (Å²) in [6.07, 6.45) is 0.513. The lowest BCUT2D eigenvalue weighted by molar-refractivity contribution is -0.140. The zero-order valence-corrected chi connectivity index (χ0v) is 19.6. The molecule has 0 aliphatic carbocycles. The number of aromatic nitrogens is 3. The largest absolute Gasteiger partial charge is 0.469 e. The average Bonchev–Trinajstić information content (AvgIpc) is 3.24. The van der Waals surface area contributed by atoms with Gasteiger partial charge in [0.15, 0.2) is 0 Å². The minimum atomic E-state index is -0.447. The quantitative estimate of drug-likeness (QED) is 0.492. The van der Waals surface area contributed by atoms with Crippen LogP contribution in [0.15, 0.2) is 12.1 Å². The molecule has 7 nitrogen and oxygen atoms in total. The van der Waals surface area contributed by atoms with Gasteiger partial charge in [0.25, 0.3) is 0 Å². The SMILES string of the molecule is CCn1nc(C)c(C)c1-c1c(Cl)ccc2c(CCC(=O)OC)c(C(=O)OC)n(CC)c12. The Morgan fingerprint density at radius 1 is 1.10 bits per heavy atom. The molecule has 8 heteroatoms. The van der Waals surface area contributed by atoms with E-state index in [0.717, 1.165) is 39.0 Å². The van der Waals surface area contributed by atoms with E-state index in [1.54, 1.807) is 0 Å². The molecule has 31 heavy (non-hydrogen) atoms. The van der Waals surface area contributed by atoms with Gasteiger partial charge in [-0.15, -0.1) is 0 Å². The van der Waals surface area contributed by atoms with Crippen molar-refractivity contribution in [2.75, 3.05) is 14.2 Å².